The van der Waals surface area contributed by atoms with Crippen molar-refractivity contribution in [3.05, 3.63) is 18.1 Å². The van der Waals surface area contributed by atoms with Crippen LogP contribution in [0.2, 0.25) is 0 Å². The number of nitrogens with one attached hydrogen (secondary N) is 1. The predicted octanol–water partition coefficient (Wildman–Crippen LogP) is 2.92. The highest BCUT2D eigenvalue weighted by Gasteiger charge is 2.06. The number of unbranched alkanes of at least 4 members (excludes halogenated alkanes) is 2. The normalized spacial score (nSPS) is 10.9. The molecule has 0 aliphatic carbocycles. The van der Waals surface area contributed by atoms with E-state index in [1.54, 1.807) is 6.20 Å². The van der Waals surface area contributed by atoms with E-state index in [2.05, 4.69) is 34.0 Å². The van der Waals surface area contributed by atoms with Crippen molar-refractivity contribution >= 4 is 5.82 Å². The van der Waals surface area contributed by atoms with Crippen LogP contribution in [0.5, 0.6) is 0 Å². The lowest BCUT2D eigenvalue weighted by atomic mass is 10.2. The molecule has 4 heteroatoms. The summed E-state index contributed by atoms with van der Waals surface area (Å²) < 4.78 is 0. The van der Waals surface area contributed by atoms with Crippen molar-refractivity contribution in [2.75, 3.05) is 25.5 Å². The van der Waals surface area contributed by atoms with Crippen LogP contribution in [0.4, 0.5) is 5.82 Å². The molecule has 1 aromatic heterocycles. The fraction of sp³-hybridized carbons (Fsp3) is 0.714. The van der Waals surface area contributed by atoms with Crippen molar-refractivity contribution in [3.8, 4) is 0 Å². The third-order valence-electron chi connectivity index (χ3n) is 3.00. The van der Waals surface area contributed by atoms with Crippen LogP contribution >= 0.6 is 0 Å². The zero-order valence-corrected chi connectivity index (χ0v) is 11.9. The lowest BCUT2D eigenvalue weighted by Crippen LogP contribution is -2.26. The highest BCUT2D eigenvalue weighted by atomic mass is 15.1. The molecule has 4 nitrogen and oxygen atoms in total. The Bertz CT molecular complexity index is 302. The predicted molar refractivity (Wildman–Crippen MR) is 76.7 cm³/mol. The molecule has 1 heterocycles. The molecule has 1 aromatic rings. The molecular formula is C14H26N4. The Morgan fingerprint density at radius 2 is 1.72 bits per heavy atom. The van der Waals surface area contributed by atoms with Crippen LogP contribution in [0.25, 0.3) is 0 Å². The average Bonchev–Trinajstić information content (AvgIpc) is 2.42. The summed E-state index contributed by atoms with van der Waals surface area (Å²) >= 11 is 0. The van der Waals surface area contributed by atoms with Crippen molar-refractivity contribution in [1.29, 1.82) is 0 Å². The molecule has 0 aliphatic rings. The Kier molecular flexibility index (Phi) is 7.34. The first-order valence-electron chi connectivity index (χ1n) is 7.01. The minimum atomic E-state index is 0.826. The quantitative estimate of drug-likeness (QED) is 0.731. The van der Waals surface area contributed by atoms with E-state index >= 15 is 0 Å². The standard InChI is InChI=1S/C14H26N4/c1-4-6-8-18(9-7-5-2)12-13-10-17-14(15-3)11-16-13/h10-11H,4-9,12H2,1-3H3,(H,15,17). The van der Waals surface area contributed by atoms with E-state index < -0.39 is 0 Å². The molecule has 0 unspecified atom stereocenters. The Labute approximate surface area is 111 Å². The van der Waals surface area contributed by atoms with Gasteiger partial charge >= 0.3 is 0 Å². The molecule has 102 valence electrons. The minimum Gasteiger partial charge on any atom is -0.372 e. The van der Waals surface area contributed by atoms with Gasteiger partial charge in [-0.15, -0.1) is 0 Å². The molecule has 0 spiro atoms. The van der Waals surface area contributed by atoms with Crippen molar-refractivity contribution in [3.63, 3.8) is 0 Å². The van der Waals surface area contributed by atoms with E-state index in [0.717, 1.165) is 31.1 Å². The molecule has 0 atom stereocenters. The van der Waals surface area contributed by atoms with Gasteiger partial charge in [-0.3, -0.25) is 9.88 Å². The summed E-state index contributed by atoms with van der Waals surface area (Å²) in [4.78, 5) is 11.2. The summed E-state index contributed by atoms with van der Waals surface area (Å²) in [6, 6.07) is 0. The van der Waals surface area contributed by atoms with Crippen LogP contribution in [0.1, 0.15) is 45.2 Å². The molecule has 0 radical (unpaired) electrons. The fourth-order valence-corrected chi connectivity index (χ4v) is 1.83. The van der Waals surface area contributed by atoms with E-state index in [4.69, 9.17) is 0 Å². The Morgan fingerprint density at radius 3 is 2.17 bits per heavy atom. The molecule has 18 heavy (non-hydrogen) atoms. The Morgan fingerprint density at radius 1 is 1.06 bits per heavy atom. The third kappa shape index (κ3) is 5.45. The first-order chi connectivity index (χ1) is 8.80. The maximum atomic E-state index is 4.44. The van der Waals surface area contributed by atoms with Gasteiger partial charge in [0.2, 0.25) is 0 Å². The van der Waals surface area contributed by atoms with Crippen LogP contribution in [0.3, 0.4) is 0 Å². The van der Waals surface area contributed by atoms with E-state index in [9.17, 15) is 0 Å². The molecule has 0 bridgehead atoms. The number of hydrogen-bond donors (Lipinski definition) is 1. The van der Waals surface area contributed by atoms with Gasteiger partial charge in [-0.25, -0.2) is 4.98 Å². The van der Waals surface area contributed by atoms with Gasteiger partial charge in [0.15, 0.2) is 0 Å². The molecule has 0 saturated carbocycles. The van der Waals surface area contributed by atoms with E-state index in [1.807, 2.05) is 13.2 Å². The van der Waals surface area contributed by atoms with Crippen LogP contribution < -0.4 is 5.32 Å². The lowest BCUT2D eigenvalue weighted by Gasteiger charge is -2.21. The molecule has 0 fully saturated rings. The smallest absolute Gasteiger partial charge is 0.144 e. The molecule has 0 aliphatic heterocycles. The van der Waals surface area contributed by atoms with Crippen LogP contribution in [0.15, 0.2) is 12.4 Å². The first-order valence-corrected chi connectivity index (χ1v) is 7.01. The maximum Gasteiger partial charge on any atom is 0.144 e. The molecule has 1 N–H and O–H groups in total. The second kappa shape index (κ2) is 8.86. The molecular weight excluding hydrogens is 224 g/mol. The molecule has 0 saturated heterocycles. The minimum absolute atomic E-state index is 0.826. The van der Waals surface area contributed by atoms with Crippen LogP contribution in [0, 0.1) is 0 Å². The highest BCUT2D eigenvalue weighted by molar-refractivity contribution is 5.29. The monoisotopic (exact) mass is 250 g/mol. The highest BCUT2D eigenvalue weighted by Crippen LogP contribution is 2.06. The fourth-order valence-electron chi connectivity index (χ4n) is 1.83. The zero-order valence-electron chi connectivity index (χ0n) is 11.9. The third-order valence-corrected chi connectivity index (χ3v) is 3.00. The SMILES string of the molecule is CCCCN(CCCC)Cc1cnc(NC)cn1. The number of rotatable bonds is 9. The molecule has 0 amide bonds. The van der Waals surface area contributed by atoms with Crippen LogP contribution in [-0.2, 0) is 6.54 Å². The van der Waals surface area contributed by atoms with Gasteiger partial charge in [0.05, 0.1) is 18.1 Å². The van der Waals surface area contributed by atoms with E-state index in [-0.39, 0.29) is 0 Å². The Hall–Kier alpha value is -1.16. The topological polar surface area (TPSA) is 41.1 Å². The Balaban J connectivity index is 2.51. The largest absolute Gasteiger partial charge is 0.372 e. The van der Waals surface area contributed by atoms with Gasteiger partial charge in [0.25, 0.3) is 0 Å². The summed E-state index contributed by atoms with van der Waals surface area (Å²) in [7, 11) is 1.86. The van der Waals surface area contributed by atoms with Gasteiger partial charge in [-0.2, -0.15) is 0 Å². The van der Waals surface area contributed by atoms with Crippen molar-refractivity contribution in [1.82, 2.24) is 14.9 Å². The summed E-state index contributed by atoms with van der Waals surface area (Å²) in [6.45, 7) is 7.70. The summed E-state index contributed by atoms with van der Waals surface area (Å²) in [5, 5.41) is 2.99. The summed E-state index contributed by atoms with van der Waals surface area (Å²) in [6.07, 6.45) is 8.67. The average molecular weight is 250 g/mol. The van der Waals surface area contributed by atoms with Gasteiger partial charge in [0.1, 0.15) is 5.82 Å². The summed E-state index contributed by atoms with van der Waals surface area (Å²) in [5.41, 5.74) is 1.06. The number of hydrogen-bond acceptors (Lipinski definition) is 4. The van der Waals surface area contributed by atoms with E-state index in [0.29, 0.717) is 0 Å². The van der Waals surface area contributed by atoms with Gasteiger partial charge in [-0.05, 0) is 25.9 Å². The molecule has 0 aromatic carbocycles. The van der Waals surface area contributed by atoms with Crippen molar-refractivity contribution in [2.45, 2.75) is 46.1 Å². The first kappa shape index (κ1) is 14.9. The molecule has 1 rings (SSSR count). The van der Waals surface area contributed by atoms with Gasteiger partial charge in [-0.1, -0.05) is 26.7 Å². The number of anilines is 1. The van der Waals surface area contributed by atoms with Gasteiger partial charge < -0.3 is 5.32 Å². The van der Waals surface area contributed by atoms with Gasteiger partial charge in [0, 0.05) is 13.6 Å². The van der Waals surface area contributed by atoms with Crippen molar-refractivity contribution in [2.24, 2.45) is 0 Å². The summed E-state index contributed by atoms with van der Waals surface area (Å²) in [5.74, 6) is 0.826. The van der Waals surface area contributed by atoms with E-state index in [1.165, 1.54) is 25.7 Å². The zero-order chi connectivity index (χ0) is 13.2. The number of aromatic nitrogens is 2. The second-order valence-electron chi connectivity index (χ2n) is 4.63. The van der Waals surface area contributed by atoms with Crippen LogP contribution in [-0.4, -0.2) is 35.0 Å². The maximum absolute atomic E-state index is 4.44. The lowest BCUT2D eigenvalue weighted by molar-refractivity contribution is 0.254. The number of nitrogens with zero attached hydrogens (tertiary/aromatic N) is 3. The van der Waals surface area contributed by atoms with Crippen molar-refractivity contribution < 1.29 is 0 Å². The second-order valence-corrected chi connectivity index (χ2v) is 4.63.